The van der Waals surface area contributed by atoms with Crippen LogP contribution < -0.4 is 4.72 Å². The third kappa shape index (κ3) is 6.74. The van der Waals surface area contributed by atoms with E-state index in [-0.39, 0.29) is 24.5 Å². The van der Waals surface area contributed by atoms with Crippen LogP contribution in [0.25, 0.3) is 0 Å². The van der Waals surface area contributed by atoms with Gasteiger partial charge in [0.05, 0.1) is 18.5 Å². The van der Waals surface area contributed by atoms with Crippen LogP contribution in [-0.2, 0) is 14.8 Å². The van der Waals surface area contributed by atoms with E-state index in [2.05, 4.69) is 20.7 Å². The molecular weight excluding hydrogens is 306 g/mol. The Hall–Kier alpha value is 0.350. The summed E-state index contributed by atoms with van der Waals surface area (Å²) < 4.78 is 31.5. The van der Waals surface area contributed by atoms with Crippen molar-refractivity contribution in [3.63, 3.8) is 0 Å². The van der Waals surface area contributed by atoms with Gasteiger partial charge >= 0.3 is 0 Å². The van der Waals surface area contributed by atoms with Gasteiger partial charge < -0.3 is 4.74 Å². The van der Waals surface area contributed by atoms with Crippen molar-refractivity contribution >= 4 is 26.0 Å². The summed E-state index contributed by atoms with van der Waals surface area (Å²) in [5.74, 6) is 0.0550. The van der Waals surface area contributed by atoms with Gasteiger partial charge in [-0.05, 0) is 39.5 Å². The zero-order valence-electron chi connectivity index (χ0n) is 10.5. The Bertz CT molecular complexity index is 311. The van der Waals surface area contributed by atoms with Gasteiger partial charge in [0.2, 0.25) is 10.0 Å². The summed E-state index contributed by atoms with van der Waals surface area (Å²) in [6, 6.07) is 0.104. The second-order valence-electron chi connectivity index (χ2n) is 4.81. The van der Waals surface area contributed by atoms with Crippen LogP contribution in [-0.4, -0.2) is 37.8 Å². The molecule has 0 aromatic carbocycles. The second-order valence-corrected chi connectivity index (χ2v) is 7.97. The average molecular weight is 328 g/mol. The van der Waals surface area contributed by atoms with E-state index in [1.165, 1.54) is 0 Å². The van der Waals surface area contributed by atoms with Gasteiger partial charge in [-0.3, -0.25) is 0 Å². The van der Waals surface area contributed by atoms with Crippen LogP contribution in [0.1, 0.15) is 39.5 Å². The van der Waals surface area contributed by atoms with Crippen molar-refractivity contribution in [3.8, 4) is 0 Å². The Morgan fingerprint density at radius 2 is 1.88 bits per heavy atom. The molecule has 0 amide bonds. The van der Waals surface area contributed by atoms with Gasteiger partial charge in [0.25, 0.3) is 0 Å². The predicted octanol–water partition coefficient (Wildman–Crippen LogP) is 2.04. The van der Waals surface area contributed by atoms with Gasteiger partial charge in [-0.1, -0.05) is 15.9 Å². The summed E-state index contributed by atoms with van der Waals surface area (Å²) >= 11 is 3.56. The molecule has 1 N–H and O–H groups in total. The molecule has 102 valence electrons. The maximum Gasteiger partial charge on any atom is 0.214 e. The van der Waals surface area contributed by atoms with Crippen LogP contribution >= 0.6 is 15.9 Å². The maximum atomic E-state index is 11.8. The third-order valence-electron chi connectivity index (χ3n) is 2.81. The first-order valence-electron chi connectivity index (χ1n) is 6.15. The zero-order valence-corrected chi connectivity index (χ0v) is 12.9. The molecule has 1 rings (SSSR count). The first-order valence-corrected chi connectivity index (χ1v) is 8.71. The quantitative estimate of drug-likeness (QED) is 0.759. The Balaban J connectivity index is 2.28. The fraction of sp³-hybridized carbons (Fsp3) is 1.00. The number of sulfonamides is 1. The number of alkyl halides is 1. The zero-order chi connectivity index (χ0) is 12.9. The third-order valence-corrected chi connectivity index (χ3v) is 5.12. The Morgan fingerprint density at radius 1 is 1.29 bits per heavy atom. The number of rotatable bonds is 6. The van der Waals surface area contributed by atoms with Crippen LogP contribution in [0.2, 0.25) is 0 Å². The molecule has 0 heterocycles. The smallest absolute Gasteiger partial charge is 0.214 e. The predicted molar refractivity (Wildman–Crippen MR) is 73.0 cm³/mol. The first-order chi connectivity index (χ1) is 7.89. The van der Waals surface area contributed by atoms with Gasteiger partial charge in [0.1, 0.15) is 0 Å². The maximum absolute atomic E-state index is 11.8. The van der Waals surface area contributed by atoms with Crippen LogP contribution in [0.15, 0.2) is 0 Å². The number of halogens is 1. The van der Waals surface area contributed by atoms with E-state index in [0.29, 0.717) is 4.83 Å². The highest BCUT2D eigenvalue weighted by Crippen LogP contribution is 2.24. The molecule has 1 aliphatic rings. The van der Waals surface area contributed by atoms with E-state index < -0.39 is 10.0 Å². The molecular formula is C11H22BrNO3S. The monoisotopic (exact) mass is 327 g/mol. The number of nitrogens with one attached hydrogen (secondary N) is 1. The van der Waals surface area contributed by atoms with E-state index in [9.17, 15) is 8.42 Å². The minimum Gasteiger partial charge on any atom is -0.378 e. The molecule has 1 saturated carbocycles. The van der Waals surface area contributed by atoms with E-state index in [0.717, 1.165) is 25.7 Å². The lowest BCUT2D eigenvalue weighted by molar-refractivity contribution is 0.0911. The minimum atomic E-state index is -3.18. The molecule has 0 aliphatic heterocycles. The normalized spacial score (nSPS) is 26.4. The molecule has 4 nitrogen and oxygen atoms in total. The molecule has 0 radical (unpaired) electrons. The lowest BCUT2D eigenvalue weighted by Crippen LogP contribution is -2.39. The van der Waals surface area contributed by atoms with Gasteiger partial charge in [0, 0.05) is 10.9 Å². The van der Waals surface area contributed by atoms with Crippen LogP contribution in [0.4, 0.5) is 0 Å². The van der Waals surface area contributed by atoms with Crippen molar-refractivity contribution in [2.75, 3.05) is 12.4 Å². The first kappa shape index (κ1) is 15.4. The molecule has 6 heteroatoms. The summed E-state index contributed by atoms with van der Waals surface area (Å²) in [6.07, 6.45) is 3.99. The Kier molecular flexibility index (Phi) is 6.40. The van der Waals surface area contributed by atoms with E-state index in [1.807, 2.05) is 13.8 Å². The fourth-order valence-electron chi connectivity index (χ4n) is 1.88. The summed E-state index contributed by atoms with van der Waals surface area (Å²) in [5, 5.41) is 0. The Morgan fingerprint density at radius 3 is 2.41 bits per heavy atom. The lowest BCUT2D eigenvalue weighted by Gasteiger charge is -2.25. The van der Waals surface area contributed by atoms with E-state index >= 15 is 0 Å². The summed E-state index contributed by atoms with van der Waals surface area (Å²) in [5.41, 5.74) is 0. The summed E-state index contributed by atoms with van der Waals surface area (Å²) in [7, 11) is -3.18. The van der Waals surface area contributed by atoms with Crippen molar-refractivity contribution in [1.82, 2.24) is 4.72 Å². The molecule has 0 atom stereocenters. The molecule has 1 fully saturated rings. The van der Waals surface area contributed by atoms with Gasteiger partial charge in [0.15, 0.2) is 0 Å². The molecule has 0 aromatic heterocycles. The highest BCUT2D eigenvalue weighted by Gasteiger charge is 2.23. The van der Waals surface area contributed by atoms with Gasteiger partial charge in [-0.25, -0.2) is 13.1 Å². The molecule has 0 spiro atoms. The second kappa shape index (κ2) is 7.07. The van der Waals surface area contributed by atoms with Gasteiger partial charge in [-0.2, -0.15) is 0 Å². The SMILES string of the molecule is CC(C)OCCS(=O)(=O)NC1CCC(Br)CC1. The molecule has 0 saturated heterocycles. The lowest BCUT2D eigenvalue weighted by atomic mass is 9.96. The number of hydrogen-bond donors (Lipinski definition) is 1. The molecule has 0 bridgehead atoms. The van der Waals surface area contributed by atoms with Crippen molar-refractivity contribution < 1.29 is 13.2 Å². The molecule has 17 heavy (non-hydrogen) atoms. The van der Waals surface area contributed by atoms with E-state index in [1.54, 1.807) is 0 Å². The van der Waals surface area contributed by atoms with Crippen molar-refractivity contribution in [1.29, 1.82) is 0 Å². The van der Waals surface area contributed by atoms with E-state index in [4.69, 9.17) is 4.74 Å². The van der Waals surface area contributed by atoms with Crippen molar-refractivity contribution in [2.45, 2.75) is 56.5 Å². The fourth-order valence-corrected chi connectivity index (χ4v) is 3.58. The van der Waals surface area contributed by atoms with Crippen LogP contribution in [0, 0.1) is 0 Å². The minimum absolute atomic E-state index is 0.0550. The largest absolute Gasteiger partial charge is 0.378 e. The topological polar surface area (TPSA) is 55.4 Å². The highest BCUT2D eigenvalue weighted by atomic mass is 79.9. The highest BCUT2D eigenvalue weighted by molar-refractivity contribution is 9.09. The molecule has 0 aromatic rings. The standard InChI is InChI=1S/C11H22BrNO3S/c1-9(2)16-7-8-17(14,15)13-11-5-3-10(12)4-6-11/h9-11,13H,3-8H2,1-2H3. The number of hydrogen-bond acceptors (Lipinski definition) is 3. The summed E-state index contributed by atoms with van der Waals surface area (Å²) in [6.45, 7) is 4.06. The van der Waals surface area contributed by atoms with Crippen LogP contribution in [0.5, 0.6) is 0 Å². The number of ether oxygens (including phenoxy) is 1. The molecule has 0 unspecified atom stereocenters. The summed E-state index contributed by atoms with van der Waals surface area (Å²) in [4.78, 5) is 0.549. The molecule has 1 aliphatic carbocycles. The average Bonchev–Trinajstić information content (AvgIpc) is 2.20. The Labute approximate surface area is 113 Å². The van der Waals surface area contributed by atoms with Gasteiger partial charge in [-0.15, -0.1) is 0 Å². The van der Waals surface area contributed by atoms with Crippen LogP contribution in [0.3, 0.4) is 0 Å². The van der Waals surface area contributed by atoms with Crippen molar-refractivity contribution in [3.05, 3.63) is 0 Å². The van der Waals surface area contributed by atoms with Crippen molar-refractivity contribution in [2.24, 2.45) is 0 Å².